The van der Waals surface area contributed by atoms with Gasteiger partial charge in [-0.2, -0.15) is 0 Å². The first-order valence-electron chi connectivity index (χ1n) is 10.5. The predicted molar refractivity (Wildman–Crippen MR) is 111 cm³/mol. The van der Waals surface area contributed by atoms with Crippen LogP contribution in [0, 0.1) is 5.92 Å². The lowest BCUT2D eigenvalue weighted by atomic mass is 9.96. The number of nitrogens with zero attached hydrogens (tertiary/aromatic N) is 4. The molecule has 0 saturated carbocycles. The van der Waals surface area contributed by atoms with E-state index in [0.717, 1.165) is 50.4 Å². The quantitative estimate of drug-likeness (QED) is 0.739. The highest BCUT2D eigenvalue weighted by molar-refractivity contribution is 7.19. The molecule has 2 aliphatic heterocycles. The van der Waals surface area contributed by atoms with E-state index in [2.05, 4.69) is 26.5 Å². The summed E-state index contributed by atoms with van der Waals surface area (Å²) in [6.45, 7) is 3.03. The zero-order valence-corrected chi connectivity index (χ0v) is 17.2. The molecule has 1 aromatic heterocycles. The standard InChI is InChI=1S/C20H29N5O2S/c26-17-9-5-13-25(17)20-23-22-19(28-20)24-12-4-8-16(14-24)18(27)21-11-10-15-6-2-1-3-7-15/h6,16H,1-5,7-14H2,(H,21,27)/t16-/m0/s1. The molecule has 1 atom stereocenters. The molecule has 2 fully saturated rings. The highest BCUT2D eigenvalue weighted by Gasteiger charge is 2.30. The molecular weight excluding hydrogens is 374 g/mol. The number of piperidine rings is 1. The highest BCUT2D eigenvalue weighted by Crippen LogP contribution is 2.32. The number of aromatic nitrogens is 2. The van der Waals surface area contributed by atoms with E-state index in [0.29, 0.717) is 18.1 Å². The first-order valence-corrected chi connectivity index (χ1v) is 11.4. The van der Waals surface area contributed by atoms with E-state index < -0.39 is 0 Å². The number of amides is 2. The van der Waals surface area contributed by atoms with Crippen molar-refractivity contribution in [2.24, 2.45) is 5.92 Å². The van der Waals surface area contributed by atoms with Crippen LogP contribution in [0.4, 0.5) is 10.3 Å². The summed E-state index contributed by atoms with van der Waals surface area (Å²) in [6, 6.07) is 0. The van der Waals surface area contributed by atoms with Crippen LogP contribution in [0.5, 0.6) is 0 Å². The topological polar surface area (TPSA) is 78.4 Å². The minimum absolute atomic E-state index is 0.00476. The van der Waals surface area contributed by atoms with Crippen LogP contribution in [0.15, 0.2) is 11.6 Å². The van der Waals surface area contributed by atoms with E-state index >= 15 is 0 Å². The minimum Gasteiger partial charge on any atom is -0.355 e. The number of carbonyl (C=O) groups excluding carboxylic acids is 2. The maximum Gasteiger partial charge on any atom is 0.228 e. The van der Waals surface area contributed by atoms with Crippen LogP contribution in [-0.4, -0.2) is 48.2 Å². The van der Waals surface area contributed by atoms with Crippen molar-refractivity contribution >= 4 is 33.4 Å². The van der Waals surface area contributed by atoms with Gasteiger partial charge in [-0.3, -0.25) is 14.5 Å². The summed E-state index contributed by atoms with van der Waals surface area (Å²) in [5.41, 5.74) is 1.50. The van der Waals surface area contributed by atoms with Gasteiger partial charge in [0.05, 0.1) is 5.92 Å². The number of carbonyl (C=O) groups is 2. The SMILES string of the molecule is O=C(NCCC1=CCCCC1)[C@H]1CCCN(c2nnc(N3CCCC3=O)s2)C1. The Bertz CT molecular complexity index is 747. The van der Waals surface area contributed by atoms with E-state index in [1.54, 1.807) is 4.90 Å². The van der Waals surface area contributed by atoms with Crippen molar-refractivity contribution in [3.63, 3.8) is 0 Å². The second-order valence-electron chi connectivity index (χ2n) is 7.95. The summed E-state index contributed by atoms with van der Waals surface area (Å²) in [5.74, 6) is 0.280. The monoisotopic (exact) mass is 403 g/mol. The molecule has 7 nitrogen and oxygen atoms in total. The summed E-state index contributed by atoms with van der Waals surface area (Å²) in [6.07, 6.45) is 11.6. The molecule has 2 amide bonds. The molecule has 0 radical (unpaired) electrons. The number of hydrogen-bond acceptors (Lipinski definition) is 6. The Hall–Kier alpha value is -1.96. The Morgan fingerprint density at radius 2 is 2.04 bits per heavy atom. The third-order valence-corrected chi connectivity index (χ3v) is 6.91. The normalized spacial score (nSPS) is 23.1. The van der Waals surface area contributed by atoms with E-state index in [9.17, 15) is 9.59 Å². The van der Waals surface area contributed by atoms with Crippen LogP contribution in [0.25, 0.3) is 0 Å². The summed E-state index contributed by atoms with van der Waals surface area (Å²) < 4.78 is 0. The lowest BCUT2D eigenvalue weighted by Gasteiger charge is -2.31. The van der Waals surface area contributed by atoms with Gasteiger partial charge in [-0.15, -0.1) is 10.2 Å². The lowest BCUT2D eigenvalue weighted by Crippen LogP contribution is -2.43. The average Bonchev–Trinajstić information content (AvgIpc) is 3.38. The molecule has 1 N–H and O–H groups in total. The molecule has 3 heterocycles. The van der Waals surface area contributed by atoms with Crippen LogP contribution in [0.1, 0.15) is 57.8 Å². The number of hydrogen-bond donors (Lipinski definition) is 1. The van der Waals surface area contributed by atoms with Crippen LogP contribution < -0.4 is 15.1 Å². The number of allylic oxidation sites excluding steroid dienone is 1. The van der Waals surface area contributed by atoms with Gasteiger partial charge in [-0.05, 0) is 51.4 Å². The van der Waals surface area contributed by atoms with Crippen molar-refractivity contribution in [1.82, 2.24) is 15.5 Å². The zero-order valence-electron chi connectivity index (χ0n) is 16.4. The van der Waals surface area contributed by atoms with Gasteiger partial charge in [-0.25, -0.2) is 0 Å². The number of anilines is 2. The van der Waals surface area contributed by atoms with Gasteiger partial charge in [0.1, 0.15) is 0 Å². The summed E-state index contributed by atoms with van der Waals surface area (Å²) in [7, 11) is 0. The van der Waals surface area contributed by atoms with E-state index in [1.165, 1.54) is 42.6 Å². The molecule has 0 bridgehead atoms. The lowest BCUT2D eigenvalue weighted by molar-refractivity contribution is -0.125. The highest BCUT2D eigenvalue weighted by atomic mass is 32.1. The molecule has 28 heavy (non-hydrogen) atoms. The summed E-state index contributed by atoms with van der Waals surface area (Å²) >= 11 is 1.46. The van der Waals surface area contributed by atoms with Gasteiger partial charge in [0.2, 0.25) is 22.1 Å². The van der Waals surface area contributed by atoms with Gasteiger partial charge in [-0.1, -0.05) is 23.0 Å². The van der Waals surface area contributed by atoms with Gasteiger partial charge in [0.15, 0.2) is 0 Å². The largest absolute Gasteiger partial charge is 0.355 e. The molecule has 0 spiro atoms. The number of nitrogens with one attached hydrogen (secondary N) is 1. The van der Waals surface area contributed by atoms with Crippen LogP contribution >= 0.6 is 11.3 Å². The molecule has 1 aromatic rings. The van der Waals surface area contributed by atoms with Gasteiger partial charge in [0, 0.05) is 32.6 Å². The van der Waals surface area contributed by atoms with Crippen molar-refractivity contribution in [2.45, 2.75) is 57.8 Å². The Morgan fingerprint density at radius 3 is 2.82 bits per heavy atom. The average molecular weight is 404 g/mol. The molecule has 0 aromatic carbocycles. The third kappa shape index (κ3) is 4.54. The predicted octanol–water partition coefficient (Wildman–Crippen LogP) is 2.89. The molecular formula is C20H29N5O2S. The smallest absolute Gasteiger partial charge is 0.228 e. The maximum absolute atomic E-state index is 12.6. The van der Waals surface area contributed by atoms with Crippen LogP contribution in [-0.2, 0) is 9.59 Å². The van der Waals surface area contributed by atoms with Gasteiger partial charge >= 0.3 is 0 Å². The molecule has 8 heteroatoms. The van der Waals surface area contributed by atoms with E-state index in [-0.39, 0.29) is 17.7 Å². The molecule has 4 rings (SSSR count). The Kier molecular flexibility index (Phi) is 6.24. The van der Waals surface area contributed by atoms with E-state index in [4.69, 9.17) is 0 Å². The van der Waals surface area contributed by atoms with Gasteiger partial charge < -0.3 is 10.2 Å². The van der Waals surface area contributed by atoms with Crippen molar-refractivity contribution in [1.29, 1.82) is 0 Å². The number of rotatable bonds is 6. The third-order valence-electron chi connectivity index (χ3n) is 5.90. The van der Waals surface area contributed by atoms with Gasteiger partial charge in [0.25, 0.3) is 0 Å². The zero-order chi connectivity index (χ0) is 19.3. The van der Waals surface area contributed by atoms with E-state index in [1.807, 2.05) is 0 Å². The van der Waals surface area contributed by atoms with Crippen LogP contribution in [0.2, 0.25) is 0 Å². The molecule has 1 aliphatic carbocycles. The minimum atomic E-state index is -0.00476. The molecule has 3 aliphatic rings. The van der Waals surface area contributed by atoms with Crippen LogP contribution in [0.3, 0.4) is 0 Å². The fraction of sp³-hybridized carbons (Fsp3) is 0.700. The van der Waals surface area contributed by atoms with Crippen molar-refractivity contribution in [2.75, 3.05) is 36.0 Å². The first-order chi connectivity index (χ1) is 13.7. The fourth-order valence-electron chi connectivity index (χ4n) is 4.28. The maximum atomic E-state index is 12.6. The summed E-state index contributed by atoms with van der Waals surface area (Å²) in [5, 5.41) is 13.2. The van der Waals surface area contributed by atoms with Crippen molar-refractivity contribution in [3.05, 3.63) is 11.6 Å². The molecule has 152 valence electrons. The Labute approximate surface area is 170 Å². The van der Waals surface area contributed by atoms with Crippen molar-refractivity contribution in [3.8, 4) is 0 Å². The second kappa shape index (κ2) is 9.03. The fourth-order valence-corrected chi connectivity index (χ4v) is 5.21. The first kappa shape index (κ1) is 19.4. The molecule has 0 unspecified atom stereocenters. The summed E-state index contributed by atoms with van der Waals surface area (Å²) in [4.78, 5) is 28.4. The Morgan fingerprint density at radius 1 is 1.14 bits per heavy atom. The Balaban J connectivity index is 1.29. The van der Waals surface area contributed by atoms with Crippen molar-refractivity contribution < 1.29 is 9.59 Å². The second-order valence-corrected chi connectivity index (χ2v) is 8.88. The molecule has 2 saturated heterocycles.